The molecule has 1 N–H and O–H groups in total. The Kier molecular flexibility index (Phi) is 24.2. The number of ether oxygens (including phenoxy) is 3. The Labute approximate surface area is 435 Å². The van der Waals surface area contributed by atoms with Gasteiger partial charge < -0.3 is 19.3 Å². The zero-order chi connectivity index (χ0) is 53.7. The van der Waals surface area contributed by atoms with Crippen molar-refractivity contribution < 1.29 is 33.7 Å². The lowest BCUT2D eigenvalue weighted by Crippen LogP contribution is -2.42. The first-order chi connectivity index (χ1) is 33.8. The van der Waals surface area contributed by atoms with Gasteiger partial charge in [-0.1, -0.05) is 166 Å². The normalized spacial score (nSPS) is 20.8. The summed E-state index contributed by atoms with van der Waals surface area (Å²) in [7, 11) is 0. The van der Waals surface area contributed by atoms with E-state index < -0.39 is 29.9 Å². The number of esters is 3. The number of allylic oxidation sites excluding steroid dienone is 27. The van der Waals surface area contributed by atoms with Gasteiger partial charge in [0.25, 0.3) is 0 Å². The van der Waals surface area contributed by atoms with Crippen LogP contribution in [0.3, 0.4) is 0 Å². The lowest BCUT2D eigenvalue weighted by atomic mass is 9.72. The molecular formula is C65H90O7. The molecule has 0 saturated heterocycles. The van der Waals surface area contributed by atoms with E-state index in [1.165, 1.54) is 90.2 Å². The molecule has 0 aliphatic heterocycles. The Morgan fingerprint density at radius 1 is 0.458 bits per heavy atom. The molecule has 3 aliphatic carbocycles. The van der Waals surface area contributed by atoms with Crippen LogP contribution in [-0.4, -0.2) is 49.4 Å². The number of carbonyl (C=O) groups is 3. The molecule has 392 valence electrons. The summed E-state index contributed by atoms with van der Waals surface area (Å²) in [6, 6.07) is 0. The van der Waals surface area contributed by atoms with Gasteiger partial charge in [-0.3, -0.25) is 0 Å². The molecule has 0 unspecified atom stereocenters. The summed E-state index contributed by atoms with van der Waals surface area (Å²) in [4.78, 5) is 39.5. The van der Waals surface area contributed by atoms with E-state index >= 15 is 0 Å². The standard InChI is InChI=1S/C65H90O7/c1-47(31-34-56-53(7)28-19-37-62(56,10)11)22-16-25-50(4)40-59(67)70-44-65(43-66,45-71-60(68)41-51(5)26-17-23-48(2)32-35-57-54(8)29-20-38-63(57,12)13)46-72-61(69)42-52(6)27-18-24-49(3)33-36-58-55(9)30-21-39-64(58,14)15/h16-18,22-27,31-36,40-42,66H,19-21,28-30,37-39,43-46H2,1-15H3. The summed E-state index contributed by atoms with van der Waals surface area (Å²) in [5.41, 5.74) is 12.7. The van der Waals surface area contributed by atoms with E-state index in [1.54, 1.807) is 20.8 Å². The molecule has 0 saturated carbocycles. The fourth-order valence-corrected chi connectivity index (χ4v) is 9.66. The van der Waals surface area contributed by atoms with Crippen LogP contribution in [0.4, 0.5) is 0 Å². The van der Waals surface area contributed by atoms with Crippen molar-refractivity contribution >= 4 is 17.9 Å². The lowest BCUT2D eigenvalue weighted by Gasteiger charge is -2.33. The summed E-state index contributed by atoms with van der Waals surface area (Å²) >= 11 is 0. The van der Waals surface area contributed by atoms with Crippen molar-refractivity contribution in [3.63, 3.8) is 0 Å². The quantitative estimate of drug-likeness (QED) is 0.0499. The van der Waals surface area contributed by atoms with E-state index in [9.17, 15) is 19.5 Å². The van der Waals surface area contributed by atoms with Gasteiger partial charge in [0.15, 0.2) is 0 Å². The first kappa shape index (κ1) is 60.8. The van der Waals surface area contributed by atoms with Crippen molar-refractivity contribution in [1.82, 2.24) is 0 Å². The van der Waals surface area contributed by atoms with Gasteiger partial charge in [0, 0.05) is 18.2 Å². The number of aliphatic hydroxyl groups excluding tert-OH is 1. The maximum absolute atomic E-state index is 13.2. The molecule has 0 atom stereocenters. The Hall–Kier alpha value is -5.53. The third-order valence-electron chi connectivity index (χ3n) is 14.3. The highest BCUT2D eigenvalue weighted by molar-refractivity contribution is 5.84. The Morgan fingerprint density at radius 2 is 0.722 bits per heavy atom. The molecule has 0 amide bonds. The fourth-order valence-electron chi connectivity index (χ4n) is 9.66. The molecule has 0 bridgehead atoms. The van der Waals surface area contributed by atoms with Gasteiger partial charge in [-0.15, -0.1) is 0 Å². The van der Waals surface area contributed by atoms with Crippen LogP contribution < -0.4 is 0 Å². The first-order valence-corrected chi connectivity index (χ1v) is 26.1. The molecule has 0 fully saturated rings. The molecule has 0 radical (unpaired) electrons. The fraction of sp³-hybridized carbons (Fsp3) is 0.492. The van der Waals surface area contributed by atoms with Crippen molar-refractivity contribution in [3.05, 3.63) is 176 Å². The third-order valence-corrected chi connectivity index (χ3v) is 14.3. The predicted molar refractivity (Wildman–Crippen MR) is 301 cm³/mol. The van der Waals surface area contributed by atoms with Gasteiger partial charge >= 0.3 is 17.9 Å². The summed E-state index contributed by atoms with van der Waals surface area (Å²) in [5.74, 6) is -1.97. The molecule has 0 aromatic heterocycles. The molecule has 72 heavy (non-hydrogen) atoms. The maximum Gasteiger partial charge on any atom is 0.331 e. The van der Waals surface area contributed by atoms with E-state index in [2.05, 4.69) is 98.8 Å². The van der Waals surface area contributed by atoms with E-state index in [-0.39, 0.29) is 36.1 Å². The summed E-state index contributed by atoms with van der Waals surface area (Å²) in [5, 5.41) is 10.8. The molecule has 7 heteroatoms. The highest BCUT2D eigenvalue weighted by Gasteiger charge is 2.35. The Balaban J connectivity index is 1.74. The maximum atomic E-state index is 13.2. The van der Waals surface area contributed by atoms with Crippen LogP contribution in [0.1, 0.15) is 162 Å². The average Bonchev–Trinajstić information content (AvgIpc) is 3.27. The minimum Gasteiger partial charge on any atom is -0.462 e. The summed E-state index contributed by atoms with van der Waals surface area (Å²) in [6.45, 7) is 30.2. The van der Waals surface area contributed by atoms with Crippen molar-refractivity contribution in [3.8, 4) is 0 Å². The lowest BCUT2D eigenvalue weighted by molar-refractivity contribution is -0.159. The first-order valence-electron chi connectivity index (χ1n) is 26.1. The van der Waals surface area contributed by atoms with Crippen molar-refractivity contribution in [1.29, 1.82) is 0 Å². The highest BCUT2D eigenvalue weighted by atomic mass is 16.6. The zero-order valence-corrected chi connectivity index (χ0v) is 47.0. The second-order valence-electron chi connectivity index (χ2n) is 22.8. The molecular weight excluding hydrogens is 893 g/mol. The van der Waals surface area contributed by atoms with Gasteiger partial charge in [0.1, 0.15) is 19.8 Å². The van der Waals surface area contributed by atoms with E-state index in [0.29, 0.717) is 16.7 Å². The van der Waals surface area contributed by atoms with E-state index in [1.807, 2.05) is 75.5 Å². The largest absolute Gasteiger partial charge is 0.462 e. The topological polar surface area (TPSA) is 99.1 Å². The number of rotatable bonds is 22. The van der Waals surface area contributed by atoms with Gasteiger partial charge in [0.2, 0.25) is 0 Å². The molecule has 7 nitrogen and oxygen atoms in total. The van der Waals surface area contributed by atoms with Crippen LogP contribution in [0.15, 0.2) is 176 Å². The molecule has 0 aromatic rings. The summed E-state index contributed by atoms with van der Waals surface area (Å²) in [6.07, 6.45) is 44.8. The number of hydrogen-bond donors (Lipinski definition) is 1. The van der Waals surface area contributed by atoms with E-state index in [0.717, 1.165) is 36.0 Å². The monoisotopic (exact) mass is 983 g/mol. The molecule has 3 rings (SSSR count). The van der Waals surface area contributed by atoms with E-state index in [4.69, 9.17) is 14.2 Å². The van der Waals surface area contributed by atoms with Crippen LogP contribution in [0.5, 0.6) is 0 Å². The zero-order valence-electron chi connectivity index (χ0n) is 47.0. The van der Waals surface area contributed by atoms with Crippen LogP contribution in [0.2, 0.25) is 0 Å². The SMILES string of the molecule is CC(C=CC1=C(C)CCCC1(C)C)=CC=CC(C)=CC(=O)OCC(CO)(COC(=O)C=C(C)C=CC=C(C)C=CC1=C(C)CCCC1(C)C)COC(=O)C=C(C)C=CC=C(C)C=CC1=C(C)CCCC1(C)C. The van der Waals surface area contributed by atoms with Crippen molar-refractivity contribution in [2.75, 3.05) is 26.4 Å². The Morgan fingerprint density at radius 3 is 0.958 bits per heavy atom. The number of hydrogen-bond acceptors (Lipinski definition) is 7. The van der Waals surface area contributed by atoms with Crippen LogP contribution in [0.25, 0.3) is 0 Å². The highest BCUT2D eigenvalue weighted by Crippen LogP contribution is 2.43. The van der Waals surface area contributed by atoms with Gasteiger partial charge in [-0.25, -0.2) is 14.4 Å². The third kappa shape index (κ3) is 20.9. The number of carbonyl (C=O) groups excluding carboxylic acids is 3. The molecule has 3 aliphatic rings. The van der Waals surface area contributed by atoms with Crippen molar-refractivity contribution in [2.45, 2.75) is 162 Å². The Bertz CT molecular complexity index is 2160. The smallest absolute Gasteiger partial charge is 0.331 e. The second-order valence-corrected chi connectivity index (χ2v) is 22.8. The molecule has 0 spiro atoms. The van der Waals surface area contributed by atoms with Gasteiger partial charge in [-0.05, 0) is 170 Å². The van der Waals surface area contributed by atoms with Gasteiger partial charge in [-0.2, -0.15) is 0 Å². The number of aliphatic hydroxyl groups is 1. The van der Waals surface area contributed by atoms with Crippen LogP contribution in [-0.2, 0) is 28.6 Å². The van der Waals surface area contributed by atoms with Crippen molar-refractivity contribution in [2.24, 2.45) is 21.7 Å². The van der Waals surface area contributed by atoms with Crippen LogP contribution in [0, 0.1) is 21.7 Å². The van der Waals surface area contributed by atoms with Crippen LogP contribution >= 0.6 is 0 Å². The summed E-state index contributed by atoms with van der Waals surface area (Å²) < 4.78 is 17.0. The average molecular weight is 983 g/mol. The second kappa shape index (κ2) is 28.6. The minimum atomic E-state index is -1.44. The minimum absolute atomic E-state index is 0.158. The molecule has 0 aromatic carbocycles. The predicted octanol–water partition coefficient (Wildman–Crippen LogP) is 16.2. The molecule has 0 heterocycles. The van der Waals surface area contributed by atoms with Gasteiger partial charge in [0.05, 0.1) is 12.0 Å².